The topological polar surface area (TPSA) is 95.9 Å². The van der Waals surface area contributed by atoms with E-state index >= 15 is 0 Å². The number of amides is 1. The first kappa shape index (κ1) is 27.8. The Kier molecular flexibility index (Phi) is 9.68. The maximum atomic E-state index is 12.7. The van der Waals surface area contributed by atoms with Crippen molar-refractivity contribution in [3.05, 3.63) is 29.8 Å². The highest BCUT2D eigenvalue weighted by atomic mass is 16.5. The molecule has 2 N–H and O–H groups in total. The van der Waals surface area contributed by atoms with E-state index in [-0.39, 0.29) is 30.1 Å². The van der Waals surface area contributed by atoms with E-state index < -0.39 is 23.4 Å². The lowest BCUT2D eigenvalue weighted by atomic mass is 9.74. The van der Waals surface area contributed by atoms with Gasteiger partial charge in [0.2, 0.25) is 5.91 Å². The molecule has 2 rings (SSSR count). The van der Waals surface area contributed by atoms with Crippen LogP contribution in [0.1, 0.15) is 78.7 Å². The minimum absolute atomic E-state index is 0.0465. The average Bonchev–Trinajstić information content (AvgIpc) is 2.97. The molecule has 1 saturated heterocycles. The molecule has 1 heterocycles. The number of likely N-dealkylation sites (tertiary alicyclic amines) is 1. The molecule has 0 bridgehead atoms. The summed E-state index contributed by atoms with van der Waals surface area (Å²) in [7, 11) is 2.16. The molecule has 0 spiro atoms. The number of ether oxygens (including phenoxy) is 1. The van der Waals surface area contributed by atoms with Crippen LogP contribution in [-0.2, 0) is 19.8 Å². The Hall–Kier alpha value is -2.41. The van der Waals surface area contributed by atoms with Gasteiger partial charge in [0.15, 0.2) is 0 Å². The molecule has 1 amide bonds. The van der Waals surface area contributed by atoms with Crippen LogP contribution in [0.5, 0.6) is 5.75 Å². The number of carboxylic acid groups (broad SMARTS) is 1. The summed E-state index contributed by atoms with van der Waals surface area (Å²) in [5.74, 6) is -1.57. The molecule has 1 fully saturated rings. The molecule has 1 aromatic carbocycles. The van der Waals surface area contributed by atoms with Crippen molar-refractivity contribution in [1.29, 1.82) is 0 Å². The Morgan fingerprint density at radius 2 is 1.94 bits per heavy atom. The molecule has 0 aliphatic carbocycles. The van der Waals surface area contributed by atoms with Crippen molar-refractivity contribution in [2.24, 2.45) is 11.3 Å². The molecule has 34 heavy (non-hydrogen) atoms. The molecule has 7 nitrogen and oxygen atoms in total. The van der Waals surface area contributed by atoms with Gasteiger partial charge in [0.1, 0.15) is 11.8 Å². The van der Waals surface area contributed by atoms with Crippen molar-refractivity contribution in [3.63, 3.8) is 0 Å². The van der Waals surface area contributed by atoms with Gasteiger partial charge in [-0.05, 0) is 62.9 Å². The van der Waals surface area contributed by atoms with Crippen LogP contribution in [0.4, 0.5) is 0 Å². The number of carbonyl (C=O) groups excluding carboxylic acids is 2. The third kappa shape index (κ3) is 7.29. The lowest BCUT2D eigenvalue weighted by Gasteiger charge is -2.35. The first-order chi connectivity index (χ1) is 15.9. The van der Waals surface area contributed by atoms with Crippen LogP contribution in [-0.4, -0.2) is 54.0 Å². The molecule has 0 aromatic heterocycles. The van der Waals surface area contributed by atoms with Crippen molar-refractivity contribution in [2.45, 2.75) is 84.6 Å². The fourth-order valence-electron chi connectivity index (χ4n) is 4.70. The quantitative estimate of drug-likeness (QED) is 0.386. The van der Waals surface area contributed by atoms with Crippen molar-refractivity contribution in [3.8, 4) is 5.75 Å². The second kappa shape index (κ2) is 11.8. The molecular formula is C27H42N2O5. The molecule has 2 atom stereocenters. The van der Waals surface area contributed by atoms with Gasteiger partial charge < -0.3 is 20.1 Å². The van der Waals surface area contributed by atoms with E-state index in [2.05, 4.69) is 30.3 Å². The average molecular weight is 475 g/mol. The Labute approximate surface area is 204 Å². The van der Waals surface area contributed by atoms with Crippen molar-refractivity contribution < 1.29 is 24.2 Å². The fourth-order valence-corrected chi connectivity index (χ4v) is 4.70. The second-order valence-electron chi connectivity index (χ2n) is 10.7. The summed E-state index contributed by atoms with van der Waals surface area (Å²) >= 11 is 0. The summed E-state index contributed by atoms with van der Waals surface area (Å²) in [6.45, 7) is 11.2. The molecule has 190 valence electrons. The third-order valence-electron chi connectivity index (χ3n) is 7.16. The molecule has 1 aliphatic heterocycles. The molecule has 0 radical (unpaired) electrons. The first-order valence-electron chi connectivity index (χ1n) is 12.4. The van der Waals surface area contributed by atoms with E-state index in [0.29, 0.717) is 5.75 Å². The summed E-state index contributed by atoms with van der Waals surface area (Å²) in [6, 6.07) is 6.88. The number of benzene rings is 1. The Morgan fingerprint density at radius 3 is 2.56 bits per heavy atom. The maximum absolute atomic E-state index is 12.7. The summed E-state index contributed by atoms with van der Waals surface area (Å²) in [5, 5.41) is 11.9. The number of hydrogen-bond donors (Lipinski definition) is 2. The van der Waals surface area contributed by atoms with Crippen LogP contribution < -0.4 is 10.1 Å². The monoisotopic (exact) mass is 474 g/mol. The van der Waals surface area contributed by atoms with Crippen molar-refractivity contribution in [1.82, 2.24) is 10.2 Å². The SMILES string of the molecule is CCC1(c2cccc(OC(=O)CCC(C)(C)C(=O)N[C@H](C(=O)O)C(C)C)c2)CCCCN(C)C1. The fraction of sp³-hybridized carbons (Fsp3) is 0.667. The summed E-state index contributed by atoms with van der Waals surface area (Å²) in [4.78, 5) is 39.1. The maximum Gasteiger partial charge on any atom is 0.326 e. The van der Waals surface area contributed by atoms with E-state index in [1.165, 1.54) is 18.4 Å². The number of esters is 1. The zero-order chi connectivity index (χ0) is 25.5. The van der Waals surface area contributed by atoms with E-state index in [1.54, 1.807) is 33.8 Å². The van der Waals surface area contributed by atoms with Crippen LogP contribution in [0, 0.1) is 11.3 Å². The Balaban J connectivity index is 2.02. The van der Waals surface area contributed by atoms with E-state index in [0.717, 1.165) is 25.9 Å². The van der Waals surface area contributed by atoms with Gasteiger partial charge in [-0.3, -0.25) is 9.59 Å². The number of nitrogens with zero attached hydrogens (tertiary/aromatic N) is 1. The minimum Gasteiger partial charge on any atom is -0.480 e. The molecule has 1 unspecified atom stereocenters. The Morgan fingerprint density at radius 1 is 1.24 bits per heavy atom. The number of nitrogens with one attached hydrogen (secondary N) is 1. The van der Waals surface area contributed by atoms with Gasteiger partial charge in [-0.2, -0.15) is 0 Å². The summed E-state index contributed by atoms with van der Waals surface area (Å²) in [5.41, 5.74) is 0.341. The number of carboxylic acids is 1. The van der Waals surface area contributed by atoms with Crippen LogP contribution in [0.25, 0.3) is 0 Å². The van der Waals surface area contributed by atoms with Gasteiger partial charge in [-0.25, -0.2) is 4.79 Å². The Bertz CT molecular complexity index is 866. The highest BCUT2D eigenvalue weighted by Gasteiger charge is 2.34. The zero-order valence-corrected chi connectivity index (χ0v) is 21.6. The number of carbonyl (C=O) groups is 3. The van der Waals surface area contributed by atoms with Crippen LogP contribution >= 0.6 is 0 Å². The molecule has 0 saturated carbocycles. The predicted octanol–water partition coefficient (Wildman–Crippen LogP) is 4.39. The predicted molar refractivity (Wildman–Crippen MR) is 133 cm³/mol. The highest BCUT2D eigenvalue weighted by Crippen LogP contribution is 2.37. The molecule has 1 aliphatic rings. The summed E-state index contributed by atoms with van der Waals surface area (Å²) < 4.78 is 5.65. The van der Waals surface area contributed by atoms with Gasteiger partial charge >= 0.3 is 11.9 Å². The van der Waals surface area contributed by atoms with Crippen molar-refractivity contribution >= 4 is 17.8 Å². The smallest absolute Gasteiger partial charge is 0.326 e. The van der Waals surface area contributed by atoms with Gasteiger partial charge in [-0.1, -0.05) is 53.2 Å². The van der Waals surface area contributed by atoms with E-state index in [1.807, 2.05) is 12.1 Å². The number of likely N-dealkylation sites (N-methyl/N-ethyl adjacent to an activating group) is 1. The highest BCUT2D eigenvalue weighted by molar-refractivity contribution is 5.87. The lowest BCUT2D eigenvalue weighted by Crippen LogP contribution is -2.49. The van der Waals surface area contributed by atoms with E-state index in [4.69, 9.17) is 4.74 Å². The van der Waals surface area contributed by atoms with E-state index in [9.17, 15) is 19.5 Å². The normalized spacial score (nSPS) is 20.4. The standard InChI is InChI=1S/C27H42N2O5/c1-7-27(14-8-9-16-29(6)18-27)20-11-10-12-21(17-20)34-22(30)13-15-26(4,5)25(33)28-23(19(2)3)24(31)32/h10-12,17,19,23H,7-9,13-16,18H2,1-6H3,(H,28,33)(H,31,32)/t23-,27?/m0/s1. The van der Waals surface area contributed by atoms with Crippen LogP contribution in [0.2, 0.25) is 0 Å². The van der Waals surface area contributed by atoms with Crippen LogP contribution in [0.15, 0.2) is 24.3 Å². The van der Waals surface area contributed by atoms with Crippen LogP contribution in [0.3, 0.4) is 0 Å². The van der Waals surface area contributed by atoms with Gasteiger partial charge in [0.25, 0.3) is 0 Å². The third-order valence-corrected chi connectivity index (χ3v) is 7.16. The molecule has 1 aromatic rings. The van der Waals surface area contributed by atoms with Gasteiger partial charge in [-0.15, -0.1) is 0 Å². The van der Waals surface area contributed by atoms with Gasteiger partial charge in [0.05, 0.1) is 0 Å². The largest absolute Gasteiger partial charge is 0.480 e. The minimum atomic E-state index is -1.07. The van der Waals surface area contributed by atoms with Crippen molar-refractivity contribution in [2.75, 3.05) is 20.1 Å². The molecular weight excluding hydrogens is 432 g/mol. The number of rotatable bonds is 10. The lowest BCUT2D eigenvalue weighted by molar-refractivity contribution is -0.145. The van der Waals surface area contributed by atoms with Gasteiger partial charge in [0, 0.05) is 23.8 Å². The zero-order valence-electron chi connectivity index (χ0n) is 21.6. The number of aliphatic carboxylic acids is 1. The number of hydrogen-bond acceptors (Lipinski definition) is 5. The second-order valence-corrected chi connectivity index (χ2v) is 10.7. The summed E-state index contributed by atoms with van der Waals surface area (Å²) in [6.07, 6.45) is 4.82. The molecule has 7 heteroatoms. The first-order valence-corrected chi connectivity index (χ1v) is 12.4.